The number of halogens is 1. The van der Waals surface area contributed by atoms with Crippen LogP contribution in [-0.2, 0) is 11.3 Å². The Bertz CT molecular complexity index is 1420. The van der Waals surface area contributed by atoms with Crippen molar-refractivity contribution in [1.29, 1.82) is 0 Å². The molecule has 5 nitrogen and oxygen atoms in total. The van der Waals surface area contributed by atoms with Crippen molar-refractivity contribution in [3.8, 4) is 0 Å². The molecular formula is C24H19BrN4O. The SMILES string of the molecule is Cc1ccc(NC(=O)CCn2c3ccccc3c3nc4ccccc4nc32)c(Br)c1. The predicted molar refractivity (Wildman–Crippen MR) is 125 cm³/mol. The van der Waals surface area contributed by atoms with E-state index in [0.717, 1.165) is 48.8 Å². The lowest BCUT2D eigenvalue weighted by atomic mass is 10.2. The van der Waals surface area contributed by atoms with E-state index in [2.05, 4.69) is 37.9 Å². The fourth-order valence-electron chi connectivity index (χ4n) is 3.76. The van der Waals surface area contributed by atoms with E-state index in [1.54, 1.807) is 0 Å². The number of nitrogens with one attached hydrogen (secondary N) is 1. The summed E-state index contributed by atoms with van der Waals surface area (Å²) in [4.78, 5) is 22.4. The number of para-hydroxylation sites is 3. The van der Waals surface area contributed by atoms with Gasteiger partial charge in [0.1, 0.15) is 5.52 Å². The van der Waals surface area contributed by atoms with Gasteiger partial charge in [0.2, 0.25) is 5.91 Å². The summed E-state index contributed by atoms with van der Waals surface area (Å²) in [6.07, 6.45) is 0.336. The van der Waals surface area contributed by atoms with Crippen LogP contribution in [0.15, 0.2) is 71.2 Å². The number of anilines is 1. The Morgan fingerprint density at radius 3 is 2.53 bits per heavy atom. The van der Waals surface area contributed by atoms with Gasteiger partial charge in [-0.1, -0.05) is 36.4 Å². The van der Waals surface area contributed by atoms with E-state index < -0.39 is 0 Å². The number of aromatic nitrogens is 3. The number of hydrogen-bond acceptors (Lipinski definition) is 3. The Hall–Kier alpha value is -3.25. The summed E-state index contributed by atoms with van der Waals surface area (Å²) in [5.41, 5.74) is 6.34. The van der Waals surface area contributed by atoms with Crippen LogP contribution in [0, 0.1) is 6.92 Å². The first kappa shape index (κ1) is 18.8. The molecule has 1 N–H and O–H groups in total. The van der Waals surface area contributed by atoms with Gasteiger partial charge in [-0.3, -0.25) is 4.79 Å². The van der Waals surface area contributed by atoms with Gasteiger partial charge in [0.25, 0.3) is 0 Å². The third-order valence-corrected chi connectivity index (χ3v) is 5.88. The average molecular weight is 459 g/mol. The van der Waals surface area contributed by atoms with E-state index in [9.17, 15) is 4.79 Å². The van der Waals surface area contributed by atoms with E-state index in [1.807, 2.05) is 61.5 Å². The third kappa shape index (κ3) is 3.33. The van der Waals surface area contributed by atoms with Gasteiger partial charge in [-0.15, -0.1) is 0 Å². The maximum absolute atomic E-state index is 12.6. The predicted octanol–water partition coefficient (Wildman–Crippen LogP) is 5.84. The molecule has 2 aromatic heterocycles. The van der Waals surface area contributed by atoms with E-state index >= 15 is 0 Å². The van der Waals surface area contributed by atoms with Crippen LogP contribution in [0.4, 0.5) is 5.69 Å². The molecule has 148 valence electrons. The summed E-state index contributed by atoms with van der Waals surface area (Å²) in [6, 6.07) is 21.9. The van der Waals surface area contributed by atoms with Gasteiger partial charge in [-0.2, -0.15) is 0 Å². The van der Waals surface area contributed by atoms with Crippen molar-refractivity contribution >= 4 is 60.6 Å². The van der Waals surface area contributed by atoms with Gasteiger partial charge >= 0.3 is 0 Å². The molecule has 0 saturated heterocycles. The Morgan fingerprint density at radius 2 is 1.73 bits per heavy atom. The molecule has 0 fully saturated rings. The smallest absolute Gasteiger partial charge is 0.226 e. The summed E-state index contributed by atoms with van der Waals surface area (Å²) in [7, 11) is 0. The molecule has 0 radical (unpaired) electrons. The van der Waals surface area contributed by atoms with Gasteiger partial charge < -0.3 is 9.88 Å². The molecule has 0 unspecified atom stereocenters. The van der Waals surface area contributed by atoms with Crippen molar-refractivity contribution in [3.63, 3.8) is 0 Å². The lowest BCUT2D eigenvalue weighted by Crippen LogP contribution is -2.15. The van der Waals surface area contributed by atoms with Crippen LogP contribution in [-0.4, -0.2) is 20.4 Å². The van der Waals surface area contributed by atoms with Crippen LogP contribution in [0.3, 0.4) is 0 Å². The zero-order chi connectivity index (χ0) is 20.7. The summed E-state index contributed by atoms with van der Waals surface area (Å²) >= 11 is 3.52. The number of fused-ring (bicyclic) bond motifs is 4. The second kappa shape index (κ2) is 7.54. The Balaban J connectivity index is 1.50. The number of carbonyl (C=O) groups is 1. The first-order valence-electron chi connectivity index (χ1n) is 9.80. The molecule has 1 amide bonds. The Labute approximate surface area is 181 Å². The summed E-state index contributed by atoms with van der Waals surface area (Å²) in [5.74, 6) is -0.0424. The second-order valence-electron chi connectivity index (χ2n) is 7.33. The van der Waals surface area contributed by atoms with Gasteiger partial charge in [0.05, 0.1) is 22.2 Å². The molecule has 30 heavy (non-hydrogen) atoms. The second-order valence-corrected chi connectivity index (χ2v) is 8.19. The quantitative estimate of drug-likeness (QED) is 0.368. The minimum atomic E-state index is -0.0424. The maximum Gasteiger partial charge on any atom is 0.226 e. The molecule has 0 atom stereocenters. The number of hydrogen-bond donors (Lipinski definition) is 1. The minimum Gasteiger partial charge on any atom is -0.325 e. The molecule has 0 spiro atoms. The van der Waals surface area contributed by atoms with Crippen LogP contribution in [0.25, 0.3) is 33.1 Å². The van der Waals surface area contributed by atoms with Crippen LogP contribution < -0.4 is 5.32 Å². The average Bonchev–Trinajstić information content (AvgIpc) is 3.05. The standard InChI is InChI=1S/C24H19BrN4O/c1-15-10-11-18(17(25)14-15)26-22(30)12-13-29-21-9-5-2-6-16(21)23-24(29)28-20-8-4-3-7-19(20)27-23/h2-11,14H,12-13H2,1H3,(H,26,30). The van der Waals surface area contributed by atoms with Crippen molar-refractivity contribution in [1.82, 2.24) is 14.5 Å². The molecule has 0 aliphatic heterocycles. The van der Waals surface area contributed by atoms with E-state index in [-0.39, 0.29) is 5.91 Å². The molecule has 5 aromatic rings. The molecule has 0 aliphatic rings. The molecule has 0 saturated carbocycles. The van der Waals surface area contributed by atoms with E-state index in [4.69, 9.17) is 9.97 Å². The molecule has 0 aliphatic carbocycles. The summed E-state index contributed by atoms with van der Waals surface area (Å²) < 4.78 is 2.97. The van der Waals surface area contributed by atoms with Crippen LogP contribution in [0.5, 0.6) is 0 Å². The normalized spacial score (nSPS) is 11.4. The first-order chi connectivity index (χ1) is 14.6. The number of rotatable bonds is 4. The third-order valence-electron chi connectivity index (χ3n) is 5.22. The van der Waals surface area contributed by atoms with Gasteiger partial charge in [-0.05, 0) is 58.7 Å². The van der Waals surface area contributed by atoms with E-state index in [0.29, 0.717) is 13.0 Å². The topological polar surface area (TPSA) is 59.8 Å². The van der Waals surface area contributed by atoms with Crippen molar-refractivity contribution in [2.75, 3.05) is 5.32 Å². The Kier molecular flexibility index (Phi) is 4.71. The highest BCUT2D eigenvalue weighted by Crippen LogP contribution is 2.28. The van der Waals surface area contributed by atoms with Crippen molar-refractivity contribution in [2.45, 2.75) is 19.9 Å². The number of nitrogens with zero attached hydrogens (tertiary/aromatic N) is 3. The lowest BCUT2D eigenvalue weighted by Gasteiger charge is -2.10. The van der Waals surface area contributed by atoms with Gasteiger partial charge in [-0.25, -0.2) is 9.97 Å². The van der Waals surface area contributed by atoms with Crippen LogP contribution in [0.2, 0.25) is 0 Å². The number of carbonyl (C=O) groups excluding carboxylic acids is 1. The molecule has 3 aromatic carbocycles. The highest BCUT2D eigenvalue weighted by molar-refractivity contribution is 9.10. The van der Waals surface area contributed by atoms with Gasteiger partial charge in [0.15, 0.2) is 5.65 Å². The molecule has 6 heteroatoms. The zero-order valence-corrected chi connectivity index (χ0v) is 18.0. The number of amides is 1. The van der Waals surface area contributed by atoms with E-state index in [1.165, 1.54) is 0 Å². The fourth-order valence-corrected chi connectivity index (χ4v) is 4.35. The summed E-state index contributed by atoms with van der Waals surface area (Å²) in [5, 5.41) is 4.04. The van der Waals surface area contributed by atoms with Crippen LogP contribution >= 0.6 is 15.9 Å². The highest BCUT2D eigenvalue weighted by Gasteiger charge is 2.15. The number of aryl methyl sites for hydroxylation is 2. The number of benzene rings is 3. The Morgan fingerprint density at radius 1 is 1.00 bits per heavy atom. The maximum atomic E-state index is 12.6. The van der Waals surface area contributed by atoms with Crippen LogP contribution in [0.1, 0.15) is 12.0 Å². The minimum absolute atomic E-state index is 0.0424. The van der Waals surface area contributed by atoms with Crippen molar-refractivity contribution in [3.05, 3.63) is 76.8 Å². The molecule has 5 rings (SSSR count). The first-order valence-corrected chi connectivity index (χ1v) is 10.6. The highest BCUT2D eigenvalue weighted by atomic mass is 79.9. The van der Waals surface area contributed by atoms with Gasteiger partial charge in [0, 0.05) is 22.8 Å². The largest absolute Gasteiger partial charge is 0.325 e. The van der Waals surface area contributed by atoms with Crippen molar-refractivity contribution < 1.29 is 4.79 Å². The molecule has 2 heterocycles. The summed E-state index contributed by atoms with van der Waals surface area (Å²) in [6.45, 7) is 2.54. The molecule has 0 bridgehead atoms. The monoisotopic (exact) mass is 458 g/mol. The van der Waals surface area contributed by atoms with Crippen molar-refractivity contribution in [2.24, 2.45) is 0 Å². The zero-order valence-electron chi connectivity index (χ0n) is 16.4. The molecular weight excluding hydrogens is 440 g/mol. The lowest BCUT2D eigenvalue weighted by molar-refractivity contribution is -0.116. The fraction of sp³-hybridized carbons (Fsp3) is 0.125.